The van der Waals surface area contributed by atoms with Crippen molar-refractivity contribution in [1.82, 2.24) is 0 Å². The van der Waals surface area contributed by atoms with Crippen LogP contribution in [0.25, 0.3) is 0 Å². The number of rotatable bonds is 3. The van der Waals surface area contributed by atoms with E-state index in [4.69, 9.17) is 27.8 Å². The lowest BCUT2D eigenvalue weighted by Crippen LogP contribution is -2.72. The Kier molecular flexibility index (Phi) is 5.94. The Balaban J connectivity index is 0.000000461. The minimum Gasteiger partial charge on any atom is -0.389 e. The van der Waals surface area contributed by atoms with Crippen molar-refractivity contribution in [2.24, 2.45) is 5.41 Å². The lowest BCUT2D eigenvalue weighted by Gasteiger charge is -2.58. The molecule has 3 unspecified atom stereocenters. The third-order valence-corrected chi connectivity index (χ3v) is 6.74. The van der Waals surface area contributed by atoms with Crippen LogP contribution in [-0.2, 0) is 9.16 Å². The van der Waals surface area contributed by atoms with Crippen molar-refractivity contribution in [1.29, 1.82) is 0 Å². The molecule has 164 valence electrons. The van der Waals surface area contributed by atoms with E-state index in [9.17, 15) is 0 Å². The largest absolute Gasteiger partial charge is 0.389 e. The quantitative estimate of drug-likeness (QED) is 0.351. The Bertz CT molecular complexity index is 873. The van der Waals surface area contributed by atoms with Crippen LogP contribution in [-0.4, -0.2) is 21.2 Å². The average Bonchev–Trinajstić information content (AvgIpc) is 2.61. The number of hydrogen-bond donors (Lipinski definition) is 0. The van der Waals surface area contributed by atoms with E-state index in [1.807, 2.05) is 7.11 Å². The summed E-state index contributed by atoms with van der Waals surface area (Å²) in [4.78, 5) is 0. The Hall–Kier alpha value is -1.36. The van der Waals surface area contributed by atoms with E-state index >= 15 is 0 Å². The highest BCUT2D eigenvalue weighted by atomic mass is 35.7. The van der Waals surface area contributed by atoms with Crippen molar-refractivity contribution >= 4 is 8.32 Å². The zero-order valence-corrected chi connectivity index (χ0v) is 19.8. The Morgan fingerprint density at radius 2 is 1.47 bits per heavy atom. The second kappa shape index (κ2) is 7.65. The molecule has 0 saturated carbocycles. The van der Waals surface area contributed by atoms with Crippen LogP contribution < -0.4 is 23.2 Å². The van der Waals surface area contributed by atoms with E-state index in [1.54, 1.807) is 0 Å². The summed E-state index contributed by atoms with van der Waals surface area (Å²) in [6, 6.07) is 15.5. The van der Waals surface area contributed by atoms with Crippen LogP contribution in [0.1, 0.15) is 42.6 Å². The number of hydrogen-bond acceptors (Lipinski definition) is 6. The molecule has 0 radical (unpaired) electrons. The van der Waals surface area contributed by atoms with E-state index < -0.39 is 24.3 Å². The van der Waals surface area contributed by atoms with Gasteiger partial charge in [0, 0.05) is 24.8 Å². The van der Waals surface area contributed by atoms with Crippen LogP contribution >= 0.6 is 0 Å². The molecular weight excluding hydrogens is 426 g/mol. The number of methoxy groups -OCH3 is 1. The summed E-state index contributed by atoms with van der Waals surface area (Å²) in [5.74, 6) is -0.584. The molecule has 0 N–H and O–H groups in total. The number of pyridine rings is 1. The summed E-state index contributed by atoms with van der Waals surface area (Å²) in [6.07, 6.45) is 2.21. The maximum Gasteiger partial charge on any atom is 0.194 e. The molecule has 2 aromatic rings. The van der Waals surface area contributed by atoms with Crippen LogP contribution in [0.15, 0.2) is 48.7 Å². The third kappa shape index (κ3) is 3.94. The van der Waals surface area contributed by atoms with Gasteiger partial charge in [-0.3, -0.25) is 0 Å². The molecule has 9 heteroatoms. The predicted molar refractivity (Wildman–Crippen MR) is 101 cm³/mol. The lowest BCUT2D eigenvalue weighted by atomic mass is 9.57. The molecule has 3 aliphatic rings. The molecule has 1 aromatic heterocycles. The third-order valence-electron chi connectivity index (χ3n) is 5.82. The normalized spacial score (nSPS) is 26.3. The van der Waals surface area contributed by atoms with Crippen LogP contribution in [0, 0.1) is 15.7 Å². The molecule has 3 atom stereocenters. The van der Waals surface area contributed by atoms with Gasteiger partial charge in [0.15, 0.2) is 32.0 Å². The van der Waals surface area contributed by atoms with Gasteiger partial charge < -0.3 is 9.16 Å². The SMILES string of the molecule is COC1(O[Si](C)(C)C)C2c3ccccc3C([n+]3ccccc32)C1(C)C.[O-][Cl+3]([O-])([O-])[O-]. The number of aromatic nitrogens is 1. The van der Waals surface area contributed by atoms with Crippen molar-refractivity contribution < 1.29 is 42.6 Å². The van der Waals surface area contributed by atoms with Gasteiger partial charge in [-0.1, -0.05) is 30.3 Å². The molecule has 1 aliphatic carbocycles. The van der Waals surface area contributed by atoms with Crippen molar-refractivity contribution in [3.05, 3.63) is 65.5 Å². The molecule has 0 spiro atoms. The summed E-state index contributed by atoms with van der Waals surface area (Å²) < 4.78 is 49.6. The highest BCUT2D eigenvalue weighted by Crippen LogP contribution is 2.62. The first-order chi connectivity index (χ1) is 13.7. The summed E-state index contributed by atoms with van der Waals surface area (Å²) in [5.41, 5.74) is 3.83. The van der Waals surface area contributed by atoms with Gasteiger partial charge in [0.2, 0.25) is 0 Å². The summed E-state index contributed by atoms with van der Waals surface area (Å²) >= 11 is 0. The first kappa shape index (κ1) is 23.3. The Morgan fingerprint density at radius 1 is 0.933 bits per heavy atom. The number of benzene rings is 1. The molecule has 30 heavy (non-hydrogen) atoms. The van der Waals surface area contributed by atoms with Crippen molar-refractivity contribution in [2.45, 2.75) is 51.2 Å². The van der Waals surface area contributed by atoms with E-state index in [0.29, 0.717) is 0 Å². The van der Waals surface area contributed by atoms with Gasteiger partial charge in [-0.2, -0.15) is 4.57 Å². The molecule has 5 rings (SSSR count). The fourth-order valence-corrected chi connectivity index (χ4v) is 6.42. The van der Waals surface area contributed by atoms with E-state index in [0.717, 1.165) is 0 Å². The number of halogens is 1. The molecule has 2 bridgehead atoms. The minimum atomic E-state index is -4.94. The second-order valence-corrected chi connectivity index (χ2v) is 14.4. The lowest BCUT2D eigenvalue weighted by molar-refractivity contribution is -2.00. The highest BCUT2D eigenvalue weighted by Gasteiger charge is 2.70. The number of nitrogens with zero attached hydrogens (tertiary/aromatic N) is 1. The molecule has 0 saturated heterocycles. The Morgan fingerprint density at radius 3 is 2.00 bits per heavy atom. The van der Waals surface area contributed by atoms with E-state index in [2.05, 4.69) is 86.7 Å². The molecule has 0 fully saturated rings. The first-order valence-electron chi connectivity index (χ1n) is 9.69. The fraction of sp³-hybridized carbons (Fsp3) is 0.476. The first-order valence-corrected chi connectivity index (χ1v) is 14.3. The average molecular weight is 454 g/mol. The monoisotopic (exact) mass is 453 g/mol. The Labute approximate surface area is 180 Å². The molecule has 2 aliphatic heterocycles. The van der Waals surface area contributed by atoms with Crippen LogP contribution in [0.2, 0.25) is 19.6 Å². The van der Waals surface area contributed by atoms with Gasteiger partial charge in [0.1, 0.15) is 5.92 Å². The van der Waals surface area contributed by atoms with Crippen molar-refractivity contribution in [2.75, 3.05) is 7.11 Å². The maximum absolute atomic E-state index is 8.49. The zero-order valence-electron chi connectivity index (χ0n) is 18.0. The van der Waals surface area contributed by atoms with Gasteiger partial charge in [-0.05, 0) is 39.1 Å². The van der Waals surface area contributed by atoms with E-state index in [1.165, 1.54) is 16.8 Å². The van der Waals surface area contributed by atoms with Crippen molar-refractivity contribution in [3.8, 4) is 0 Å². The summed E-state index contributed by atoms with van der Waals surface area (Å²) in [6.45, 7) is 11.3. The van der Waals surface area contributed by atoms with Crippen molar-refractivity contribution in [3.63, 3.8) is 0 Å². The van der Waals surface area contributed by atoms with E-state index in [-0.39, 0.29) is 17.4 Å². The standard InChI is InChI=1S/C21H28NO2Si.ClHO4/c1-20(2)19-16-12-8-7-11-15(16)18(17-13-9-10-14-22(17)19)21(20,23-3)24-25(4,5)6;2-1(3,4)5/h7-14,18-19H,1-6H3;(H,2,3,4,5)/q+1;/p-1. The highest BCUT2D eigenvalue weighted by molar-refractivity contribution is 6.69. The van der Waals surface area contributed by atoms with Gasteiger partial charge in [0.05, 0.1) is 5.41 Å². The molecular formula is C21H28ClNO6Si. The van der Waals surface area contributed by atoms with Crippen LogP contribution in [0.3, 0.4) is 0 Å². The van der Waals surface area contributed by atoms with Gasteiger partial charge in [-0.15, -0.1) is 10.2 Å². The molecule has 7 nitrogen and oxygen atoms in total. The summed E-state index contributed by atoms with van der Waals surface area (Å²) in [5, 5.41) is 0. The topological polar surface area (TPSA) is 115 Å². The molecule has 1 aromatic carbocycles. The zero-order chi connectivity index (χ0) is 22.5. The van der Waals surface area contributed by atoms with Gasteiger partial charge in [0.25, 0.3) is 0 Å². The maximum atomic E-state index is 8.49. The minimum absolute atomic E-state index is 0.0709. The molecule has 3 heterocycles. The number of fused-ring (bicyclic) bond motifs is 1. The fourth-order valence-electron chi connectivity index (χ4n) is 5.05. The smallest absolute Gasteiger partial charge is 0.194 e. The van der Waals surface area contributed by atoms with Crippen LogP contribution in [0.4, 0.5) is 0 Å². The van der Waals surface area contributed by atoms with Gasteiger partial charge in [-0.25, -0.2) is 18.6 Å². The number of ether oxygens (including phenoxy) is 1. The molecule has 0 amide bonds. The van der Waals surface area contributed by atoms with Crippen LogP contribution in [0.5, 0.6) is 0 Å². The summed E-state index contributed by atoms with van der Waals surface area (Å²) in [7, 11) is -4.97. The second-order valence-electron chi connectivity index (χ2n) is 9.18. The predicted octanol–water partition coefficient (Wildman–Crippen LogP) is -0.513. The van der Waals surface area contributed by atoms with Gasteiger partial charge >= 0.3 is 0 Å².